The van der Waals surface area contributed by atoms with Crippen LogP contribution in [0.15, 0.2) is 24.3 Å². The van der Waals surface area contributed by atoms with Crippen molar-refractivity contribution >= 4 is 17.7 Å². The van der Waals surface area contributed by atoms with Gasteiger partial charge in [-0.05, 0) is 18.1 Å². The van der Waals surface area contributed by atoms with E-state index < -0.39 is 18.1 Å². The van der Waals surface area contributed by atoms with Crippen LogP contribution in [0.1, 0.15) is 12.0 Å². The molecule has 0 spiro atoms. The molecule has 2 aliphatic rings. The second-order valence-electron chi connectivity index (χ2n) is 5.21. The molecule has 2 amide bonds. The standard InChI is InChI=1S/C14H16N2O4/c17-10-7-12(13(18)19)16(8-10)14(20)15-6-5-9-3-1-2-4-11(9)15/h1-4,10,12,17H,5-8H2,(H,18,19)/t10-,12+/m1/s1. The minimum Gasteiger partial charge on any atom is -0.480 e. The first kappa shape index (κ1) is 12.9. The molecule has 1 saturated heterocycles. The molecule has 3 rings (SSSR count). The molecule has 6 nitrogen and oxygen atoms in total. The van der Waals surface area contributed by atoms with Gasteiger partial charge in [0.25, 0.3) is 0 Å². The minimum atomic E-state index is -1.07. The number of aliphatic carboxylic acids is 1. The van der Waals surface area contributed by atoms with E-state index in [2.05, 4.69) is 0 Å². The predicted molar refractivity (Wildman–Crippen MR) is 71.6 cm³/mol. The number of β-amino-alcohol motifs (C(OH)–C–C–N with tert-alkyl or cyclic N) is 1. The van der Waals surface area contributed by atoms with Gasteiger partial charge in [0.1, 0.15) is 6.04 Å². The molecule has 1 fully saturated rings. The first-order chi connectivity index (χ1) is 9.58. The number of nitrogens with zero attached hydrogens (tertiary/aromatic N) is 2. The normalized spacial score (nSPS) is 24.9. The summed E-state index contributed by atoms with van der Waals surface area (Å²) in [4.78, 5) is 26.6. The zero-order chi connectivity index (χ0) is 14.3. The van der Waals surface area contributed by atoms with E-state index in [0.717, 1.165) is 17.7 Å². The summed E-state index contributed by atoms with van der Waals surface area (Å²) in [5.41, 5.74) is 1.93. The van der Waals surface area contributed by atoms with Gasteiger partial charge in [0, 0.05) is 25.2 Å². The van der Waals surface area contributed by atoms with Gasteiger partial charge in [0.05, 0.1) is 6.10 Å². The van der Waals surface area contributed by atoms with Crippen LogP contribution in [0, 0.1) is 0 Å². The van der Waals surface area contributed by atoms with Crippen molar-refractivity contribution in [1.29, 1.82) is 0 Å². The summed E-state index contributed by atoms with van der Waals surface area (Å²) in [5.74, 6) is -1.07. The minimum absolute atomic E-state index is 0.0778. The highest BCUT2D eigenvalue weighted by Crippen LogP contribution is 2.30. The lowest BCUT2D eigenvalue weighted by Crippen LogP contribution is -2.47. The van der Waals surface area contributed by atoms with Gasteiger partial charge in [-0.2, -0.15) is 0 Å². The molecule has 2 atom stereocenters. The molecule has 0 aromatic heterocycles. The summed E-state index contributed by atoms with van der Waals surface area (Å²) in [7, 11) is 0. The number of aliphatic hydroxyl groups excluding tert-OH is 1. The van der Waals surface area contributed by atoms with Crippen LogP contribution < -0.4 is 4.90 Å². The van der Waals surface area contributed by atoms with E-state index in [1.165, 1.54) is 4.90 Å². The summed E-state index contributed by atoms with van der Waals surface area (Å²) in [6.07, 6.45) is 0.102. The maximum absolute atomic E-state index is 12.5. The Hall–Kier alpha value is -2.08. The van der Waals surface area contributed by atoms with Crippen LogP contribution in [-0.2, 0) is 11.2 Å². The fourth-order valence-corrected chi connectivity index (χ4v) is 2.95. The van der Waals surface area contributed by atoms with Gasteiger partial charge in [0.15, 0.2) is 0 Å². The third kappa shape index (κ3) is 2.02. The largest absolute Gasteiger partial charge is 0.480 e. The van der Waals surface area contributed by atoms with Crippen LogP contribution in [0.2, 0.25) is 0 Å². The Morgan fingerprint density at radius 1 is 1.25 bits per heavy atom. The molecule has 20 heavy (non-hydrogen) atoms. The average molecular weight is 276 g/mol. The number of carbonyl (C=O) groups is 2. The number of carbonyl (C=O) groups excluding carboxylic acids is 1. The van der Waals surface area contributed by atoms with Crippen LogP contribution in [0.4, 0.5) is 10.5 Å². The van der Waals surface area contributed by atoms with Gasteiger partial charge in [-0.25, -0.2) is 9.59 Å². The van der Waals surface area contributed by atoms with Gasteiger partial charge in [-0.15, -0.1) is 0 Å². The third-order valence-corrected chi connectivity index (χ3v) is 3.93. The summed E-state index contributed by atoms with van der Waals surface area (Å²) in [5, 5.41) is 18.8. The summed E-state index contributed by atoms with van der Waals surface area (Å²) >= 11 is 0. The number of hydrogen-bond acceptors (Lipinski definition) is 3. The van der Waals surface area contributed by atoms with Crippen LogP contribution in [0.3, 0.4) is 0 Å². The third-order valence-electron chi connectivity index (χ3n) is 3.93. The number of amides is 2. The van der Waals surface area contributed by atoms with Crippen LogP contribution >= 0.6 is 0 Å². The molecule has 0 saturated carbocycles. The predicted octanol–water partition coefficient (Wildman–Crippen LogP) is 0.689. The van der Waals surface area contributed by atoms with Crippen molar-refractivity contribution in [3.63, 3.8) is 0 Å². The van der Waals surface area contributed by atoms with E-state index in [4.69, 9.17) is 5.11 Å². The van der Waals surface area contributed by atoms with E-state index in [1.807, 2.05) is 24.3 Å². The fraction of sp³-hybridized carbons (Fsp3) is 0.429. The van der Waals surface area contributed by atoms with Crippen molar-refractivity contribution in [1.82, 2.24) is 4.90 Å². The zero-order valence-electron chi connectivity index (χ0n) is 10.9. The molecule has 6 heteroatoms. The van der Waals surface area contributed by atoms with Gasteiger partial charge in [-0.1, -0.05) is 18.2 Å². The number of carboxylic acids is 1. The Morgan fingerprint density at radius 2 is 2.00 bits per heavy atom. The van der Waals surface area contributed by atoms with Crippen molar-refractivity contribution < 1.29 is 19.8 Å². The van der Waals surface area contributed by atoms with Gasteiger partial charge in [-0.3, -0.25) is 4.90 Å². The molecule has 2 N–H and O–H groups in total. The van der Waals surface area contributed by atoms with Crippen LogP contribution in [-0.4, -0.2) is 52.3 Å². The molecule has 2 heterocycles. The van der Waals surface area contributed by atoms with Crippen molar-refractivity contribution in [3.8, 4) is 0 Å². The van der Waals surface area contributed by atoms with Gasteiger partial charge < -0.3 is 15.1 Å². The monoisotopic (exact) mass is 276 g/mol. The lowest BCUT2D eigenvalue weighted by atomic mass is 10.2. The maximum atomic E-state index is 12.5. The molecule has 1 aromatic carbocycles. The molecule has 1 aromatic rings. The first-order valence-corrected chi connectivity index (χ1v) is 6.65. The first-order valence-electron chi connectivity index (χ1n) is 6.65. The van der Waals surface area contributed by atoms with E-state index in [-0.39, 0.29) is 19.0 Å². The maximum Gasteiger partial charge on any atom is 0.326 e. The van der Waals surface area contributed by atoms with Crippen molar-refractivity contribution in [2.75, 3.05) is 18.0 Å². The second kappa shape index (κ2) is 4.79. The topological polar surface area (TPSA) is 81.1 Å². The number of rotatable bonds is 1. The molecule has 0 aliphatic carbocycles. The van der Waals surface area contributed by atoms with Crippen molar-refractivity contribution in [3.05, 3.63) is 29.8 Å². The van der Waals surface area contributed by atoms with E-state index in [1.54, 1.807) is 4.90 Å². The SMILES string of the molecule is O=C(O)[C@@H]1C[C@@H](O)CN1C(=O)N1CCc2ccccc21. The number of aliphatic hydroxyl groups is 1. The Labute approximate surface area is 116 Å². The average Bonchev–Trinajstić information content (AvgIpc) is 3.01. The number of urea groups is 1. The lowest BCUT2D eigenvalue weighted by molar-refractivity contribution is -0.141. The van der Waals surface area contributed by atoms with Crippen molar-refractivity contribution in [2.24, 2.45) is 0 Å². The van der Waals surface area contributed by atoms with Crippen LogP contribution in [0.5, 0.6) is 0 Å². The summed E-state index contributed by atoms with van der Waals surface area (Å²) in [6.45, 7) is 0.631. The van der Waals surface area contributed by atoms with Gasteiger partial charge in [0.2, 0.25) is 0 Å². The van der Waals surface area contributed by atoms with E-state index >= 15 is 0 Å². The number of carboxylic acid groups (broad SMARTS) is 1. The highest BCUT2D eigenvalue weighted by Gasteiger charge is 2.41. The zero-order valence-corrected chi connectivity index (χ0v) is 10.9. The number of hydrogen-bond donors (Lipinski definition) is 2. The Morgan fingerprint density at radius 3 is 2.75 bits per heavy atom. The summed E-state index contributed by atoms with van der Waals surface area (Å²) < 4.78 is 0. The number of anilines is 1. The Balaban J connectivity index is 1.85. The van der Waals surface area contributed by atoms with E-state index in [0.29, 0.717) is 6.54 Å². The molecule has 106 valence electrons. The molecular weight excluding hydrogens is 260 g/mol. The number of para-hydroxylation sites is 1. The fourth-order valence-electron chi connectivity index (χ4n) is 2.95. The molecule has 0 bridgehead atoms. The molecule has 0 radical (unpaired) electrons. The smallest absolute Gasteiger partial charge is 0.326 e. The molecule has 2 aliphatic heterocycles. The quantitative estimate of drug-likeness (QED) is 0.790. The second-order valence-corrected chi connectivity index (χ2v) is 5.21. The number of fused-ring (bicyclic) bond motifs is 1. The number of benzene rings is 1. The Kier molecular flexibility index (Phi) is 3.10. The lowest BCUT2D eigenvalue weighted by Gasteiger charge is -2.27. The van der Waals surface area contributed by atoms with Crippen molar-refractivity contribution in [2.45, 2.75) is 25.0 Å². The van der Waals surface area contributed by atoms with E-state index in [9.17, 15) is 14.7 Å². The summed E-state index contributed by atoms with van der Waals surface area (Å²) in [6, 6.07) is 6.34. The molecular formula is C14H16N2O4. The van der Waals surface area contributed by atoms with Crippen LogP contribution in [0.25, 0.3) is 0 Å². The highest BCUT2D eigenvalue weighted by atomic mass is 16.4. The highest BCUT2D eigenvalue weighted by molar-refractivity contribution is 5.96. The Bertz CT molecular complexity index is 560. The van der Waals surface area contributed by atoms with Gasteiger partial charge >= 0.3 is 12.0 Å². The number of likely N-dealkylation sites (tertiary alicyclic amines) is 1. The molecule has 0 unspecified atom stereocenters.